The number of nitrogens with zero attached hydrogens (tertiary/aromatic N) is 2. The number of carboxylic acid groups (broad SMARTS) is 1. The highest BCUT2D eigenvalue weighted by molar-refractivity contribution is 5.70. The molecule has 0 amide bonds. The zero-order valence-electron chi connectivity index (χ0n) is 8.57. The second-order valence-corrected chi connectivity index (χ2v) is 4.00. The number of rotatable bonds is 2. The van der Waals surface area contributed by atoms with E-state index < -0.39 is 23.9 Å². The van der Waals surface area contributed by atoms with Crippen LogP contribution in [0.5, 0.6) is 0 Å². The number of carboxylic acids is 1. The van der Waals surface area contributed by atoms with Crippen molar-refractivity contribution < 1.29 is 27.6 Å². The molecule has 1 heterocycles. The largest absolute Gasteiger partial charge is 0.481 e. The second-order valence-electron chi connectivity index (χ2n) is 4.00. The van der Waals surface area contributed by atoms with Crippen molar-refractivity contribution >= 4 is 5.97 Å². The summed E-state index contributed by atoms with van der Waals surface area (Å²) in [6, 6.07) is 0. The molecular formula is C9H9F3N2O3. The number of carbonyl (C=O) groups is 1. The van der Waals surface area contributed by atoms with E-state index in [0.29, 0.717) is 12.8 Å². The van der Waals surface area contributed by atoms with E-state index in [9.17, 15) is 18.0 Å². The average Bonchev–Trinajstić information content (AvgIpc) is 2.85. The third kappa shape index (κ3) is 2.40. The van der Waals surface area contributed by atoms with Gasteiger partial charge in [-0.1, -0.05) is 5.16 Å². The Morgan fingerprint density at radius 1 is 1.41 bits per heavy atom. The van der Waals surface area contributed by atoms with E-state index in [-0.39, 0.29) is 18.2 Å². The van der Waals surface area contributed by atoms with E-state index in [1.165, 1.54) is 0 Å². The van der Waals surface area contributed by atoms with Crippen LogP contribution in [0.2, 0.25) is 0 Å². The van der Waals surface area contributed by atoms with Crippen molar-refractivity contribution in [2.75, 3.05) is 0 Å². The van der Waals surface area contributed by atoms with Gasteiger partial charge in [-0.25, -0.2) is 0 Å². The maximum atomic E-state index is 12.2. The highest BCUT2D eigenvalue weighted by atomic mass is 19.4. The molecule has 0 saturated heterocycles. The van der Waals surface area contributed by atoms with Gasteiger partial charge in [0, 0.05) is 5.92 Å². The third-order valence-electron chi connectivity index (χ3n) is 2.83. The molecule has 8 heteroatoms. The number of alkyl halides is 3. The van der Waals surface area contributed by atoms with Crippen molar-refractivity contribution in [1.82, 2.24) is 10.1 Å². The molecular weight excluding hydrogens is 241 g/mol. The van der Waals surface area contributed by atoms with Gasteiger partial charge in [0.15, 0.2) is 0 Å². The molecule has 1 saturated carbocycles. The topological polar surface area (TPSA) is 76.2 Å². The zero-order valence-corrected chi connectivity index (χ0v) is 8.57. The van der Waals surface area contributed by atoms with Crippen molar-refractivity contribution in [3.05, 3.63) is 11.7 Å². The van der Waals surface area contributed by atoms with Crippen molar-refractivity contribution in [2.45, 2.75) is 31.4 Å². The molecule has 1 aliphatic rings. The van der Waals surface area contributed by atoms with E-state index in [1.807, 2.05) is 0 Å². The standard InChI is InChI=1S/C9H9F3N2O3/c10-9(11,12)8-13-6(17-14-8)4-1-2-5(3-4)7(15)16/h4-5H,1-3H2,(H,15,16). The fraction of sp³-hybridized carbons (Fsp3) is 0.667. The lowest BCUT2D eigenvalue weighted by atomic mass is 10.1. The van der Waals surface area contributed by atoms with Crippen LogP contribution >= 0.6 is 0 Å². The molecule has 1 fully saturated rings. The molecule has 1 N–H and O–H groups in total. The lowest BCUT2D eigenvalue weighted by Crippen LogP contribution is -2.09. The van der Waals surface area contributed by atoms with Gasteiger partial charge in [0.1, 0.15) is 0 Å². The number of hydrogen-bond donors (Lipinski definition) is 1. The minimum Gasteiger partial charge on any atom is -0.481 e. The minimum atomic E-state index is -4.63. The van der Waals surface area contributed by atoms with Gasteiger partial charge in [0.25, 0.3) is 5.82 Å². The lowest BCUT2D eigenvalue weighted by Gasteiger charge is -2.02. The van der Waals surface area contributed by atoms with E-state index in [2.05, 4.69) is 14.7 Å². The predicted octanol–water partition coefficient (Wildman–Crippen LogP) is 2.06. The Hall–Kier alpha value is -1.60. The van der Waals surface area contributed by atoms with Gasteiger partial charge in [-0.3, -0.25) is 4.79 Å². The Bertz CT molecular complexity index is 429. The molecule has 17 heavy (non-hydrogen) atoms. The number of halogens is 3. The minimum absolute atomic E-state index is 0.124. The van der Waals surface area contributed by atoms with Gasteiger partial charge < -0.3 is 9.63 Å². The second kappa shape index (κ2) is 4.01. The smallest absolute Gasteiger partial charge is 0.455 e. The summed E-state index contributed by atoms with van der Waals surface area (Å²) >= 11 is 0. The number of aromatic nitrogens is 2. The molecule has 5 nitrogen and oxygen atoms in total. The molecule has 2 rings (SSSR count). The molecule has 0 aromatic carbocycles. The van der Waals surface area contributed by atoms with Crippen LogP contribution in [0.15, 0.2) is 4.52 Å². The Morgan fingerprint density at radius 3 is 2.59 bits per heavy atom. The van der Waals surface area contributed by atoms with Crippen LogP contribution in [0.25, 0.3) is 0 Å². The van der Waals surface area contributed by atoms with Crippen LogP contribution in [0, 0.1) is 5.92 Å². The van der Waals surface area contributed by atoms with Crippen LogP contribution in [0.3, 0.4) is 0 Å². The molecule has 0 aliphatic heterocycles. The highest BCUT2D eigenvalue weighted by Crippen LogP contribution is 2.38. The van der Waals surface area contributed by atoms with Gasteiger partial charge in [-0.05, 0) is 19.3 Å². The predicted molar refractivity (Wildman–Crippen MR) is 47.0 cm³/mol. The first-order valence-electron chi connectivity index (χ1n) is 5.01. The molecule has 1 aliphatic carbocycles. The lowest BCUT2D eigenvalue weighted by molar-refractivity contribution is -0.146. The normalized spacial score (nSPS) is 25.1. The molecule has 0 bridgehead atoms. The number of hydrogen-bond acceptors (Lipinski definition) is 4. The average molecular weight is 250 g/mol. The summed E-state index contributed by atoms with van der Waals surface area (Å²) in [4.78, 5) is 14.0. The first kappa shape index (κ1) is 11.9. The first-order chi connectivity index (χ1) is 7.88. The molecule has 1 aromatic heterocycles. The molecule has 2 unspecified atom stereocenters. The van der Waals surface area contributed by atoms with E-state index in [4.69, 9.17) is 5.11 Å². The zero-order chi connectivity index (χ0) is 12.6. The van der Waals surface area contributed by atoms with Crippen molar-refractivity contribution in [3.8, 4) is 0 Å². The quantitative estimate of drug-likeness (QED) is 0.869. The summed E-state index contributed by atoms with van der Waals surface area (Å²) in [7, 11) is 0. The van der Waals surface area contributed by atoms with E-state index in [0.717, 1.165) is 0 Å². The van der Waals surface area contributed by atoms with Gasteiger partial charge in [-0.15, -0.1) is 0 Å². The first-order valence-corrected chi connectivity index (χ1v) is 5.01. The van der Waals surface area contributed by atoms with Crippen LogP contribution in [-0.2, 0) is 11.0 Å². The van der Waals surface area contributed by atoms with Crippen LogP contribution in [0.1, 0.15) is 36.9 Å². The summed E-state index contributed by atoms with van der Waals surface area (Å²) in [5.74, 6) is -3.31. The monoisotopic (exact) mass is 250 g/mol. The molecule has 0 radical (unpaired) electrons. The van der Waals surface area contributed by atoms with Gasteiger partial charge >= 0.3 is 12.1 Å². The van der Waals surface area contributed by atoms with Gasteiger partial charge in [-0.2, -0.15) is 18.2 Å². The van der Waals surface area contributed by atoms with Crippen LogP contribution in [0.4, 0.5) is 13.2 Å². The Labute approximate surface area is 93.6 Å². The summed E-state index contributed by atoms with van der Waals surface area (Å²) in [6.45, 7) is 0. The SMILES string of the molecule is O=C(O)C1CCC(c2nc(C(F)(F)F)no2)C1. The van der Waals surface area contributed by atoms with Crippen LogP contribution in [-0.4, -0.2) is 21.2 Å². The maximum absolute atomic E-state index is 12.2. The summed E-state index contributed by atoms with van der Waals surface area (Å²) in [5.41, 5.74) is 0. The fourth-order valence-corrected chi connectivity index (χ4v) is 1.95. The fourth-order valence-electron chi connectivity index (χ4n) is 1.95. The van der Waals surface area contributed by atoms with E-state index in [1.54, 1.807) is 0 Å². The highest BCUT2D eigenvalue weighted by Gasteiger charge is 2.40. The maximum Gasteiger partial charge on any atom is 0.455 e. The van der Waals surface area contributed by atoms with Crippen molar-refractivity contribution in [1.29, 1.82) is 0 Å². The van der Waals surface area contributed by atoms with Crippen LogP contribution < -0.4 is 0 Å². The molecule has 2 atom stereocenters. The molecule has 1 aromatic rings. The van der Waals surface area contributed by atoms with Crippen molar-refractivity contribution in [3.63, 3.8) is 0 Å². The summed E-state index contributed by atoms with van der Waals surface area (Å²) in [5, 5.41) is 11.6. The molecule has 0 spiro atoms. The molecule has 94 valence electrons. The Kier molecular flexibility index (Phi) is 2.80. The van der Waals surface area contributed by atoms with Gasteiger partial charge in [0.05, 0.1) is 5.92 Å². The summed E-state index contributed by atoms with van der Waals surface area (Å²) in [6.07, 6.45) is -3.51. The summed E-state index contributed by atoms with van der Waals surface area (Å²) < 4.78 is 41.2. The Balaban J connectivity index is 2.10. The number of aliphatic carboxylic acids is 1. The van der Waals surface area contributed by atoms with Crippen molar-refractivity contribution in [2.24, 2.45) is 5.92 Å². The third-order valence-corrected chi connectivity index (χ3v) is 2.83. The van der Waals surface area contributed by atoms with Gasteiger partial charge in [0.2, 0.25) is 5.89 Å². The Morgan fingerprint density at radius 2 is 2.12 bits per heavy atom. The van der Waals surface area contributed by atoms with E-state index >= 15 is 0 Å².